The summed E-state index contributed by atoms with van der Waals surface area (Å²) >= 11 is 0. The number of rotatable bonds is 2. The van der Waals surface area contributed by atoms with Crippen LogP contribution in [0.15, 0.2) is 30.3 Å². The summed E-state index contributed by atoms with van der Waals surface area (Å²) in [7, 11) is 0. The summed E-state index contributed by atoms with van der Waals surface area (Å²) in [5.41, 5.74) is 1.25. The lowest BCUT2D eigenvalue weighted by Gasteiger charge is -2.42. The first-order chi connectivity index (χ1) is 8.27. The molecule has 1 unspecified atom stereocenters. The molecule has 0 amide bonds. The summed E-state index contributed by atoms with van der Waals surface area (Å²) in [6, 6.07) is 10.5. The molecular weight excluding hydrogens is 210 g/mol. The average molecular weight is 229 g/mol. The van der Waals surface area contributed by atoms with Crippen LogP contribution in [-0.4, -0.2) is 11.6 Å². The molecule has 1 aromatic rings. The van der Waals surface area contributed by atoms with Crippen LogP contribution in [0.3, 0.4) is 0 Å². The highest BCUT2D eigenvalue weighted by molar-refractivity contribution is 5.23. The van der Waals surface area contributed by atoms with E-state index < -0.39 is 0 Å². The van der Waals surface area contributed by atoms with Gasteiger partial charge in [0.1, 0.15) is 6.11 Å². The topological polar surface area (TPSA) is 12.5 Å². The molecule has 17 heavy (non-hydrogen) atoms. The van der Waals surface area contributed by atoms with Crippen molar-refractivity contribution in [1.29, 1.82) is 0 Å². The second-order valence-corrected chi connectivity index (χ2v) is 4.64. The van der Waals surface area contributed by atoms with Crippen LogP contribution >= 0.6 is 0 Å². The Hall–Kier alpha value is -1.46. The summed E-state index contributed by atoms with van der Waals surface area (Å²) in [5, 5.41) is 2.03. The van der Waals surface area contributed by atoms with Crippen molar-refractivity contribution in [1.82, 2.24) is 5.06 Å². The van der Waals surface area contributed by atoms with E-state index in [2.05, 4.69) is 43.2 Å². The third kappa shape index (κ3) is 2.45. The van der Waals surface area contributed by atoms with Crippen LogP contribution < -0.4 is 0 Å². The molecule has 2 heteroatoms. The van der Waals surface area contributed by atoms with Gasteiger partial charge < -0.3 is 4.84 Å². The van der Waals surface area contributed by atoms with Gasteiger partial charge in [-0.3, -0.25) is 0 Å². The van der Waals surface area contributed by atoms with Gasteiger partial charge in [-0.2, -0.15) is 0 Å². The maximum absolute atomic E-state index is 5.57. The molecule has 1 fully saturated rings. The highest BCUT2D eigenvalue weighted by atomic mass is 16.7. The fraction of sp³-hybridized carbons (Fsp3) is 0.467. The predicted molar refractivity (Wildman–Crippen MR) is 68.9 cm³/mol. The monoisotopic (exact) mass is 229 g/mol. The lowest BCUT2D eigenvalue weighted by Crippen LogP contribution is -2.46. The SMILES string of the molecule is CC#CON1CCCCC1(C)c1ccccc1. The van der Waals surface area contributed by atoms with Gasteiger partial charge in [0.15, 0.2) is 0 Å². The molecule has 1 aromatic carbocycles. The Labute approximate surface area is 104 Å². The Balaban J connectivity index is 2.26. The number of piperidine rings is 1. The van der Waals surface area contributed by atoms with Crippen LogP contribution in [0.4, 0.5) is 0 Å². The zero-order chi connectivity index (χ0) is 12.1. The summed E-state index contributed by atoms with van der Waals surface area (Å²) in [5.74, 6) is 2.79. The zero-order valence-corrected chi connectivity index (χ0v) is 10.6. The molecule has 0 saturated carbocycles. The molecule has 90 valence electrons. The lowest BCUT2D eigenvalue weighted by atomic mass is 9.84. The number of hydroxylamine groups is 2. The van der Waals surface area contributed by atoms with Gasteiger partial charge in [0.25, 0.3) is 0 Å². The molecular formula is C15H19NO. The molecule has 1 aliphatic rings. The van der Waals surface area contributed by atoms with E-state index in [0.29, 0.717) is 0 Å². The molecule has 0 bridgehead atoms. The molecule has 0 spiro atoms. The Kier molecular flexibility index (Phi) is 3.71. The van der Waals surface area contributed by atoms with Gasteiger partial charge in [-0.25, -0.2) is 0 Å². The summed E-state index contributed by atoms with van der Waals surface area (Å²) in [6.45, 7) is 4.97. The maximum atomic E-state index is 5.57. The maximum Gasteiger partial charge on any atom is 0.137 e. The van der Waals surface area contributed by atoms with Crippen LogP contribution in [0.25, 0.3) is 0 Å². The lowest BCUT2D eigenvalue weighted by molar-refractivity contribution is -0.185. The normalized spacial score (nSPS) is 24.8. The van der Waals surface area contributed by atoms with E-state index in [-0.39, 0.29) is 5.54 Å². The van der Waals surface area contributed by atoms with Gasteiger partial charge in [-0.1, -0.05) is 36.3 Å². The van der Waals surface area contributed by atoms with Gasteiger partial charge in [0, 0.05) is 13.5 Å². The first kappa shape index (κ1) is 12.0. The molecule has 0 radical (unpaired) electrons. The van der Waals surface area contributed by atoms with E-state index in [9.17, 15) is 0 Å². The average Bonchev–Trinajstić information content (AvgIpc) is 2.39. The Morgan fingerprint density at radius 2 is 2.00 bits per heavy atom. The van der Waals surface area contributed by atoms with Crippen LogP contribution in [0, 0.1) is 12.0 Å². The minimum absolute atomic E-state index is 0.0522. The van der Waals surface area contributed by atoms with Crippen molar-refractivity contribution >= 4 is 0 Å². The van der Waals surface area contributed by atoms with E-state index in [4.69, 9.17) is 4.84 Å². The molecule has 1 aliphatic heterocycles. The predicted octanol–water partition coefficient (Wildman–Crippen LogP) is 3.30. The van der Waals surface area contributed by atoms with Crippen molar-refractivity contribution in [3.63, 3.8) is 0 Å². The van der Waals surface area contributed by atoms with Crippen LogP contribution in [0.2, 0.25) is 0 Å². The molecule has 0 aromatic heterocycles. The second-order valence-electron chi connectivity index (χ2n) is 4.64. The van der Waals surface area contributed by atoms with Crippen molar-refractivity contribution in [3.05, 3.63) is 35.9 Å². The Morgan fingerprint density at radius 3 is 2.71 bits per heavy atom. The smallest absolute Gasteiger partial charge is 0.137 e. The zero-order valence-electron chi connectivity index (χ0n) is 10.6. The van der Waals surface area contributed by atoms with Crippen molar-refractivity contribution in [3.8, 4) is 12.0 Å². The summed E-state index contributed by atoms with van der Waals surface area (Å²) < 4.78 is 0. The van der Waals surface area contributed by atoms with Crippen molar-refractivity contribution < 1.29 is 4.84 Å². The molecule has 0 N–H and O–H groups in total. The number of benzene rings is 1. The summed E-state index contributed by atoms with van der Waals surface area (Å²) in [6.07, 6.45) is 6.25. The molecule has 2 nitrogen and oxygen atoms in total. The molecule has 1 atom stereocenters. The van der Waals surface area contributed by atoms with E-state index in [1.54, 1.807) is 6.92 Å². The second kappa shape index (κ2) is 5.25. The third-order valence-corrected chi connectivity index (χ3v) is 3.48. The quantitative estimate of drug-likeness (QED) is 0.721. The molecule has 1 saturated heterocycles. The Bertz CT molecular complexity index is 418. The van der Waals surface area contributed by atoms with Crippen LogP contribution in [-0.2, 0) is 10.4 Å². The summed E-state index contributed by atoms with van der Waals surface area (Å²) in [4.78, 5) is 5.57. The fourth-order valence-corrected chi connectivity index (χ4v) is 2.43. The van der Waals surface area contributed by atoms with Crippen molar-refractivity contribution in [2.24, 2.45) is 0 Å². The van der Waals surface area contributed by atoms with E-state index in [0.717, 1.165) is 13.0 Å². The minimum Gasteiger partial charge on any atom is -0.353 e. The number of hydrogen-bond donors (Lipinski definition) is 0. The Morgan fingerprint density at radius 1 is 1.24 bits per heavy atom. The largest absolute Gasteiger partial charge is 0.353 e. The molecule has 2 rings (SSSR count). The van der Waals surface area contributed by atoms with Gasteiger partial charge in [-0.05, 0) is 31.7 Å². The standard InChI is InChI=1S/C15H19NO/c1-3-13-17-16-12-8-7-11-15(16,2)14-9-5-4-6-10-14/h4-6,9-10H,7-8,11-12H2,1-2H3. The fourth-order valence-electron chi connectivity index (χ4n) is 2.43. The van der Waals surface area contributed by atoms with E-state index >= 15 is 0 Å². The van der Waals surface area contributed by atoms with Crippen molar-refractivity contribution in [2.75, 3.05) is 6.54 Å². The molecule has 1 heterocycles. The highest BCUT2D eigenvalue weighted by Crippen LogP contribution is 2.37. The van der Waals surface area contributed by atoms with E-state index in [1.165, 1.54) is 18.4 Å². The van der Waals surface area contributed by atoms with Crippen molar-refractivity contribution in [2.45, 2.75) is 38.6 Å². The van der Waals surface area contributed by atoms with Crippen LogP contribution in [0.5, 0.6) is 0 Å². The number of hydrogen-bond acceptors (Lipinski definition) is 2. The minimum atomic E-state index is -0.0522. The number of nitrogens with zero attached hydrogens (tertiary/aromatic N) is 1. The van der Waals surface area contributed by atoms with Gasteiger partial charge in [-0.15, -0.1) is 5.06 Å². The first-order valence-electron chi connectivity index (χ1n) is 6.19. The highest BCUT2D eigenvalue weighted by Gasteiger charge is 2.37. The van der Waals surface area contributed by atoms with Gasteiger partial charge in [0.05, 0.1) is 5.54 Å². The van der Waals surface area contributed by atoms with E-state index in [1.807, 2.05) is 11.1 Å². The van der Waals surface area contributed by atoms with Gasteiger partial charge in [0.2, 0.25) is 0 Å². The first-order valence-corrected chi connectivity index (χ1v) is 6.19. The van der Waals surface area contributed by atoms with Gasteiger partial charge >= 0.3 is 0 Å². The third-order valence-electron chi connectivity index (χ3n) is 3.48. The van der Waals surface area contributed by atoms with Crippen LogP contribution in [0.1, 0.15) is 38.7 Å². The molecule has 0 aliphatic carbocycles.